The van der Waals surface area contributed by atoms with Gasteiger partial charge in [-0.3, -0.25) is 0 Å². The second kappa shape index (κ2) is 10.1. The van der Waals surface area contributed by atoms with E-state index in [1.807, 2.05) is 6.07 Å². The van der Waals surface area contributed by atoms with Crippen LogP contribution < -0.4 is 0 Å². The van der Waals surface area contributed by atoms with E-state index in [4.69, 9.17) is 4.42 Å². The van der Waals surface area contributed by atoms with Crippen LogP contribution in [0.5, 0.6) is 0 Å². The van der Waals surface area contributed by atoms with Crippen LogP contribution in [0.2, 0.25) is 0 Å². The fraction of sp³-hybridized carbons (Fsp3) is 0.0213. The molecule has 0 fully saturated rings. The van der Waals surface area contributed by atoms with Crippen LogP contribution in [0, 0.1) is 0 Å². The van der Waals surface area contributed by atoms with Crippen LogP contribution in [0.3, 0.4) is 0 Å². The maximum Gasteiger partial charge on any atom is 0.161 e. The Morgan fingerprint density at radius 2 is 0.959 bits per heavy atom. The fourth-order valence-electron chi connectivity index (χ4n) is 8.70. The van der Waals surface area contributed by atoms with Gasteiger partial charge in [0.15, 0.2) is 5.58 Å². The zero-order chi connectivity index (χ0) is 32.1. The molecule has 2 aliphatic carbocycles. The summed E-state index contributed by atoms with van der Waals surface area (Å²) in [6.07, 6.45) is 0. The Morgan fingerprint density at radius 3 is 1.61 bits per heavy atom. The monoisotopic (exact) mass is 623 g/mol. The minimum Gasteiger partial charge on any atom is -0.454 e. The predicted molar refractivity (Wildman–Crippen MR) is 202 cm³/mol. The highest BCUT2D eigenvalue weighted by Gasteiger charge is 2.36. The van der Waals surface area contributed by atoms with Crippen LogP contribution >= 0.6 is 0 Å². The van der Waals surface area contributed by atoms with Crippen LogP contribution in [0.15, 0.2) is 174 Å². The maximum absolute atomic E-state index is 6.47. The van der Waals surface area contributed by atoms with Gasteiger partial charge in [-0.05, 0) is 97.6 Å². The molecule has 0 saturated carbocycles. The van der Waals surface area contributed by atoms with Gasteiger partial charge in [0.1, 0.15) is 11.1 Å². The smallest absolute Gasteiger partial charge is 0.161 e. The number of hydrogen-bond acceptors (Lipinski definition) is 1. The molecular formula is C47H29NO. The third kappa shape index (κ3) is 3.66. The molecule has 2 heterocycles. The summed E-state index contributed by atoms with van der Waals surface area (Å²) in [5, 5.41) is 2.25. The molecule has 9 aromatic rings. The van der Waals surface area contributed by atoms with E-state index < -0.39 is 0 Å². The fourth-order valence-corrected chi connectivity index (χ4v) is 8.70. The summed E-state index contributed by atoms with van der Waals surface area (Å²) in [5.74, 6) is 0.0874. The first-order valence-corrected chi connectivity index (χ1v) is 17.0. The third-order valence-corrected chi connectivity index (χ3v) is 10.7. The molecule has 7 aromatic carbocycles. The summed E-state index contributed by atoms with van der Waals surface area (Å²) >= 11 is 0. The van der Waals surface area contributed by atoms with Crippen molar-refractivity contribution >= 4 is 44.1 Å². The van der Waals surface area contributed by atoms with Gasteiger partial charge in [0.2, 0.25) is 0 Å². The summed E-state index contributed by atoms with van der Waals surface area (Å²) in [6, 6.07) is 62.0. The second-order valence-corrected chi connectivity index (χ2v) is 13.2. The van der Waals surface area contributed by atoms with Crippen molar-refractivity contribution in [1.29, 1.82) is 0 Å². The number of aromatic nitrogens is 1. The Morgan fingerprint density at radius 1 is 0.449 bits per heavy atom. The first-order valence-electron chi connectivity index (χ1n) is 17.0. The molecule has 228 valence electrons. The van der Waals surface area contributed by atoms with E-state index in [2.05, 4.69) is 168 Å². The van der Waals surface area contributed by atoms with Crippen molar-refractivity contribution in [3.8, 4) is 27.9 Å². The zero-order valence-corrected chi connectivity index (χ0v) is 26.6. The topological polar surface area (TPSA) is 18.1 Å². The van der Waals surface area contributed by atoms with Gasteiger partial charge < -0.3 is 8.98 Å². The number of furan rings is 1. The highest BCUT2D eigenvalue weighted by Crippen LogP contribution is 2.56. The minimum atomic E-state index is 0.0874. The Labute approximate surface area is 283 Å². The molecule has 0 unspecified atom stereocenters. The number of para-hydroxylation sites is 2. The Bertz CT molecular complexity index is 2730. The molecule has 2 aromatic heterocycles. The number of fused-ring (bicyclic) bond motifs is 11. The van der Waals surface area contributed by atoms with Crippen LogP contribution in [-0.4, -0.2) is 4.57 Å². The van der Waals surface area contributed by atoms with Gasteiger partial charge in [-0.25, -0.2) is 0 Å². The summed E-state index contributed by atoms with van der Waals surface area (Å²) in [6.45, 7) is 0. The van der Waals surface area contributed by atoms with E-state index in [1.54, 1.807) is 0 Å². The summed E-state index contributed by atoms with van der Waals surface area (Å²) < 4.78 is 8.84. The van der Waals surface area contributed by atoms with Crippen molar-refractivity contribution in [1.82, 2.24) is 4.57 Å². The predicted octanol–water partition coefficient (Wildman–Crippen LogP) is 12.3. The van der Waals surface area contributed by atoms with E-state index in [0.29, 0.717) is 0 Å². The number of rotatable bonds is 3. The van der Waals surface area contributed by atoms with Gasteiger partial charge >= 0.3 is 0 Å². The second-order valence-electron chi connectivity index (χ2n) is 13.2. The van der Waals surface area contributed by atoms with Crippen LogP contribution in [0.25, 0.3) is 72.1 Å². The van der Waals surface area contributed by atoms with Crippen LogP contribution in [-0.2, 0) is 0 Å². The molecule has 0 amide bonds. The number of allylic oxidation sites excluding steroid dienone is 1. The molecule has 2 nitrogen and oxygen atoms in total. The van der Waals surface area contributed by atoms with Gasteiger partial charge in [0.25, 0.3) is 0 Å². The molecule has 0 N–H and O–H groups in total. The molecule has 0 radical (unpaired) electrons. The SMILES string of the molecule is c1ccc2c(c1)C(=C(c1ccc(-n3c4ccccc4c4oc5ccccc5c43)cc1)C1c3ccccc3-c3ccccc31)c1ccccc1-2. The van der Waals surface area contributed by atoms with Crippen molar-refractivity contribution in [3.63, 3.8) is 0 Å². The first-order chi connectivity index (χ1) is 24.3. The molecule has 0 saturated heterocycles. The lowest BCUT2D eigenvalue weighted by Crippen LogP contribution is -2.05. The molecule has 0 aliphatic heterocycles. The van der Waals surface area contributed by atoms with Gasteiger partial charge in [-0.1, -0.05) is 133 Å². The highest BCUT2D eigenvalue weighted by molar-refractivity contribution is 6.17. The maximum atomic E-state index is 6.47. The third-order valence-electron chi connectivity index (χ3n) is 10.7. The van der Waals surface area contributed by atoms with E-state index in [9.17, 15) is 0 Å². The van der Waals surface area contributed by atoms with Crippen molar-refractivity contribution in [2.24, 2.45) is 0 Å². The standard InChI is InChI=1S/C47H29NO/c1-5-17-35-31(13-1)32-14-2-6-18-36(32)44(35)43(45-37-19-7-3-15-33(37)34-16-4-8-20-38(34)45)29-25-27-30(28-26-29)48-41-23-11-9-21-39(41)47-46(48)40-22-10-12-24-42(40)49-47/h1-28,44H. The summed E-state index contributed by atoms with van der Waals surface area (Å²) in [4.78, 5) is 0. The molecule has 0 atom stereocenters. The lowest BCUT2D eigenvalue weighted by atomic mass is 9.80. The molecular weight excluding hydrogens is 595 g/mol. The average Bonchev–Trinajstić information content (AvgIpc) is 3.89. The van der Waals surface area contributed by atoms with Gasteiger partial charge in [0.05, 0.1) is 5.52 Å². The van der Waals surface area contributed by atoms with Gasteiger partial charge in [0, 0.05) is 22.4 Å². The molecule has 0 bridgehead atoms. The molecule has 0 spiro atoms. The Kier molecular flexibility index (Phi) is 5.47. The number of benzene rings is 7. The molecule has 11 rings (SSSR count). The lowest BCUT2D eigenvalue weighted by molar-refractivity contribution is 0.673. The zero-order valence-electron chi connectivity index (χ0n) is 26.6. The first kappa shape index (κ1) is 26.7. The lowest BCUT2D eigenvalue weighted by Gasteiger charge is -2.23. The molecule has 2 heteroatoms. The normalized spacial score (nSPS) is 13.2. The largest absolute Gasteiger partial charge is 0.454 e. The Balaban J connectivity index is 1.20. The molecule has 2 aliphatic rings. The molecule has 49 heavy (non-hydrogen) atoms. The van der Waals surface area contributed by atoms with E-state index in [-0.39, 0.29) is 5.92 Å². The van der Waals surface area contributed by atoms with Crippen LogP contribution in [0.4, 0.5) is 0 Å². The highest BCUT2D eigenvalue weighted by atomic mass is 16.3. The van der Waals surface area contributed by atoms with E-state index >= 15 is 0 Å². The van der Waals surface area contributed by atoms with Crippen molar-refractivity contribution in [2.45, 2.75) is 5.92 Å². The van der Waals surface area contributed by atoms with E-state index in [0.717, 1.165) is 38.7 Å². The minimum absolute atomic E-state index is 0.0874. The quantitative estimate of drug-likeness (QED) is 0.191. The number of hydrogen-bond donors (Lipinski definition) is 0. The van der Waals surface area contributed by atoms with E-state index in [1.165, 1.54) is 61.2 Å². The van der Waals surface area contributed by atoms with Crippen molar-refractivity contribution in [2.75, 3.05) is 0 Å². The van der Waals surface area contributed by atoms with Gasteiger partial charge in [-0.2, -0.15) is 0 Å². The summed E-state index contributed by atoms with van der Waals surface area (Å²) in [5.41, 5.74) is 19.7. The summed E-state index contributed by atoms with van der Waals surface area (Å²) in [7, 11) is 0. The van der Waals surface area contributed by atoms with Gasteiger partial charge in [-0.15, -0.1) is 0 Å². The Hall–Kier alpha value is -6.38. The van der Waals surface area contributed by atoms with Crippen molar-refractivity contribution < 1.29 is 4.42 Å². The van der Waals surface area contributed by atoms with Crippen molar-refractivity contribution in [3.05, 3.63) is 198 Å². The average molecular weight is 624 g/mol. The number of nitrogens with zero attached hydrogens (tertiary/aromatic N) is 1. The van der Waals surface area contributed by atoms with Crippen LogP contribution in [0.1, 0.15) is 33.7 Å².